The second-order valence-corrected chi connectivity index (χ2v) is 5.64. The summed E-state index contributed by atoms with van der Waals surface area (Å²) >= 11 is 0. The summed E-state index contributed by atoms with van der Waals surface area (Å²) in [5, 5.41) is 9.75. The third-order valence-electron chi connectivity index (χ3n) is 4.25. The molecule has 21 heavy (non-hydrogen) atoms. The molecular weight excluding hydrogens is 268 g/mol. The summed E-state index contributed by atoms with van der Waals surface area (Å²) in [4.78, 5) is 25.8. The van der Waals surface area contributed by atoms with Gasteiger partial charge in [0.2, 0.25) is 5.43 Å². The van der Waals surface area contributed by atoms with Crippen molar-refractivity contribution in [2.45, 2.75) is 18.9 Å². The number of carboxylic acids is 1. The standard InChI is InChI=1S/C16H18N2O3/c1-17-8-6-11(7-9-17)18-10-13(16(20)21)15(19)12-4-2-3-5-14(12)18/h2-5,10-11H,6-9H2,1H3,(H,20,21). The molecule has 2 aromatic rings. The van der Waals surface area contributed by atoms with Gasteiger partial charge in [-0.05, 0) is 45.1 Å². The van der Waals surface area contributed by atoms with Gasteiger partial charge >= 0.3 is 5.97 Å². The van der Waals surface area contributed by atoms with Crippen molar-refractivity contribution in [3.8, 4) is 0 Å². The first-order valence-corrected chi connectivity index (χ1v) is 7.13. The number of benzene rings is 1. The van der Waals surface area contributed by atoms with E-state index in [2.05, 4.69) is 11.9 Å². The Hall–Kier alpha value is -2.14. The molecule has 5 heteroatoms. The number of pyridine rings is 1. The summed E-state index contributed by atoms with van der Waals surface area (Å²) in [6, 6.07) is 7.49. The number of hydrogen-bond donors (Lipinski definition) is 1. The van der Waals surface area contributed by atoms with E-state index in [1.807, 2.05) is 16.7 Å². The van der Waals surface area contributed by atoms with Gasteiger partial charge in [-0.15, -0.1) is 0 Å². The molecule has 1 aromatic heterocycles. The van der Waals surface area contributed by atoms with Crippen LogP contribution in [-0.4, -0.2) is 40.7 Å². The maximum Gasteiger partial charge on any atom is 0.341 e. The highest BCUT2D eigenvalue weighted by atomic mass is 16.4. The molecule has 0 unspecified atom stereocenters. The average Bonchev–Trinajstić information content (AvgIpc) is 2.49. The number of aromatic carboxylic acids is 1. The lowest BCUT2D eigenvalue weighted by molar-refractivity contribution is 0.0694. The molecular formula is C16H18N2O3. The molecule has 3 rings (SSSR count). The van der Waals surface area contributed by atoms with Crippen LogP contribution in [0.1, 0.15) is 29.2 Å². The number of likely N-dealkylation sites (tertiary alicyclic amines) is 1. The molecule has 1 aromatic carbocycles. The first-order chi connectivity index (χ1) is 10.1. The van der Waals surface area contributed by atoms with E-state index in [0.717, 1.165) is 31.4 Å². The maximum atomic E-state index is 12.3. The van der Waals surface area contributed by atoms with Gasteiger partial charge in [0.1, 0.15) is 5.56 Å². The molecule has 0 aliphatic carbocycles. The lowest BCUT2D eigenvalue weighted by Gasteiger charge is -2.31. The van der Waals surface area contributed by atoms with Gasteiger partial charge in [-0.2, -0.15) is 0 Å². The van der Waals surface area contributed by atoms with Gasteiger partial charge in [0.25, 0.3) is 0 Å². The van der Waals surface area contributed by atoms with Crippen molar-refractivity contribution in [3.63, 3.8) is 0 Å². The van der Waals surface area contributed by atoms with Gasteiger partial charge < -0.3 is 14.6 Å². The maximum absolute atomic E-state index is 12.3. The number of piperidine rings is 1. The SMILES string of the molecule is CN1CCC(n2cc(C(=O)O)c(=O)c3ccccc32)CC1. The summed E-state index contributed by atoms with van der Waals surface area (Å²) in [5.74, 6) is -1.16. The molecule has 1 fully saturated rings. The molecule has 110 valence electrons. The van der Waals surface area contributed by atoms with Crippen LogP contribution in [0.25, 0.3) is 10.9 Å². The van der Waals surface area contributed by atoms with Crippen molar-refractivity contribution in [3.05, 3.63) is 46.2 Å². The first kappa shape index (κ1) is 13.8. The highest BCUT2D eigenvalue weighted by Crippen LogP contribution is 2.25. The fraction of sp³-hybridized carbons (Fsp3) is 0.375. The lowest BCUT2D eigenvalue weighted by Crippen LogP contribution is -2.32. The van der Waals surface area contributed by atoms with E-state index in [9.17, 15) is 14.7 Å². The number of para-hydroxylation sites is 1. The van der Waals surface area contributed by atoms with Gasteiger partial charge in [0, 0.05) is 17.6 Å². The van der Waals surface area contributed by atoms with E-state index in [4.69, 9.17) is 0 Å². The minimum Gasteiger partial charge on any atom is -0.477 e. The topological polar surface area (TPSA) is 62.5 Å². The van der Waals surface area contributed by atoms with Crippen LogP contribution in [0.3, 0.4) is 0 Å². The quantitative estimate of drug-likeness (QED) is 0.916. The van der Waals surface area contributed by atoms with Crippen LogP contribution < -0.4 is 5.43 Å². The predicted octanol–water partition coefficient (Wildman–Crippen LogP) is 1.97. The molecule has 1 N–H and O–H groups in total. The molecule has 1 aliphatic rings. The normalized spacial score (nSPS) is 17.2. The Morgan fingerprint density at radius 1 is 1.24 bits per heavy atom. The summed E-state index contributed by atoms with van der Waals surface area (Å²) in [6.45, 7) is 1.96. The number of hydrogen-bond acceptors (Lipinski definition) is 3. The molecule has 2 heterocycles. The summed E-state index contributed by atoms with van der Waals surface area (Å²) in [6.07, 6.45) is 3.44. The molecule has 0 atom stereocenters. The van der Waals surface area contributed by atoms with Gasteiger partial charge in [0.05, 0.1) is 5.52 Å². The second-order valence-electron chi connectivity index (χ2n) is 5.64. The Labute approximate surface area is 122 Å². The largest absolute Gasteiger partial charge is 0.477 e. The minimum absolute atomic E-state index is 0.146. The molecule has 0 saturated carbocycles. The van der Waals surface area contributed by atoms with E-state index in [0.29, 0.717) is 5.39 Å². The minimum atomic E-state index is -1.16. The van der Waals surface area contributed by atoms with Crippen molar-refractivity contribution < 1.29 is 9.90 Å². The molecule has 1 aliphatic heterocycles. The van der Waals surface area contributed by atoms with Crippen molar-refractivity contribution in [2.75, 3.05) is 20.1 Å². The fourth-order valence-corrected chi connectivity index (χ4v) is 3.03. The fourth-order valence-electron chi connectivity index (χ4n) is 3.03. The number of carboxylic acid groups (broad SMARTS) is 1. The van der Waals surface area contributed by atoms with E-state index in [-0.39, 0.29) is 11.6 Å². The van der Waals surface area contributed by atoms with E-state index < -0.39 is 11.4 Å². The molecule has 0 amide bonds. The summed E-state index contributed by atoms with van der Waals surface area (Å²) in [5.41, 5.74) is 0.275. The van der Waals surface area contributed by atoms with Gasteiger partial charge in [-0.3, -0.25) is 4.79 Å². The molecule has 0 bridgehead atoms. The molecule has 0 radical (unpaired) electrons. The Balaban J connectivity index is 2.19. The predicted molar refractivity (Wildman–Crippen MR) is 80.9 cm³/mol. The highest BCUT2D eigenvalue weighted by molar-refractivity contribution is 5.92. The van der Waals surface area contributed by atoms with Crippen LogP contribution in [0.2, 0.25) is 0 Å². The number of aromatic nitrogens is 1. The summed E-state index contributed by atoms with van der Waals surface area (Å²) in [7, 11) is 2.09. The van der Waals surface area contributed by atoms with Crippen LogP contribution in [0.5, 0.6) is 0 Å². The Morgan fingerprint density at radius 2 is 1.90 bits per heavy atom. The van der Waals surface area contributed by atoms with Crippen molar-refractivity contribution in [2.24, 2.45) is 0 Å². The highest BCUT2D eigenvalue weighted by Gasteiger charge is 2.22. The van der Waals surface area contributed by atoms with Crippen molar-refractivity contribution in [1.29, 1.82) is 0 Å². The van der Waals surface area contributed by atoms with Crippen molar-refractivity contribution in [1.82, 2.24) is 9.47 Å². The number of rotatable bonds is 2. The Kier molecular flexibility index (Phi) is 3.51. The molecule has 0 spiro atoms. The van der Waals surface area contributed by atoms with Crippen LogP contribution >= 0.6 is 0 Å². The smallest absolute Gasteiger partial charge is 0.341 e. The Bertz CT molecular complexity index is 743. The monoisotopic (exact) mass is 286 g/mol. The van der Waals surface area contributed by atoms with E-state index >= 15 is 0 Å². The Morgan fingerprint density at radius 3 is 2.57 bits per heavy atom. The molecule has 5 nitrogen and oxygen atoms in total. The van der Waals surface area contributed by atoms with Crippen LogP contribution in [0.4, 0.5) is 0 Å². The zero-order valence-electron chi connectivity index (χ0n) is 12.0. The third kappa shape index (κ3) is 2.45. The average molecular weight is 286 g/mol. The second kappa shape index (κ2) is 5.33. The lowest BCUT2D eigenvalue weighted by atomic mass is 10.0. The van der Waals surface area contributed by atoms with Gasteiger partial charge in [0.15, 0.2) is 0 Å². The summed E-state index contributed by atoms with van der Waals surface area (Å²) < 4.78 is 1.98. The zero-order valence-corrected chi connectivity index (χ0v) is 12.0. The van der Waals surface area contributed by atoms with Gasteiger partial charge in [-0.1, -0.05) is 12.1 Å². The van der Waals surface area contributed by atoms with E-state index in [1.54, 1.807) is 12.1 Å². The number of carbonyl (C=O) groups is 1. The van der Waals surface area contributed by atoms with Crippen LogP contribution in [0, 0.1) is 0 Å². The van der Waals surface area contributed by atoms with E-state index in [1.165, 1.54) is 6.20 Å². The van der Waals surface area contributed by atoms with Gasteiger partial charge in [-0.25, -0.2) is 4.79 Å². The number of fused-ring (bicyclic) bond motifs is 1. The third-order valence-corrected chi connectivity index (χ3v) is 4.25. The molecule has 1 saturated heterocycles. The zero-order chi connectivity index (χ0) is 15.0. The van der Waals surface area contributed by atoms with Crippen LogP contribution in [-0.2, 0) is 0 Å². The number of nitrogens with zero attached hydrogens (tertiary/aromatic N) is 2. The van der Waals surface area contributed by atoms with Crippen molar-refractivity contribution >= 4 is 16.9 Å². The first-order valence-electron chi connectivity index (χ1n) is 7.13. The van der Waals surface area contributed by atoms with Crippen LogP contribution in [0.15, 0.2) is 35.3 Å².